The number of aryl methyl sites for hydroxylation is 1. The Morgan fingerprint density at radius 3 is 2.38 bits per heavy atom. The Morgan fingerprint density at radius 2 is 1.73 bits per heavy atom. The first kappa shape index (κ1) is 27.3. The van der Waals surface area contributed by atoms with E-state index in [4.69, 9.17) is 0 Å². The Balaban J connectivity index is 1.69. The van der Waals surface area contributed by atoms with Crippen molar-refractivity contribution in [2.24, 2.45) is 13.0 Å². The predicted molar refractivity (Wildman–Crippen MR) is 136 cm³/mol. The molecular formula is C23H25N7O6S. The summed E-state index contributed by atoms with van der Waals surface area (Å²) in [6.45, 7) is 5.50. The number of hydrogen-bond donors (Lipinski definition) is 2. The molecule has 1 heterocycles. The Bertz CT molecular complexity index is 1360. The fourth-order valence-electron chi connectivity index (χ4n) is 3.41. The summed E-state index contributed by atoms with van der Waals surface area (Å²) in [7, 11) is 1.70. The van der Waals surface area contributed by atoms with Crippen LogP contribution in [0.3, 0.4) is 0 Å². The van der Waals surface area contributed by atoms with Crippen LogP contribution in [-0.2, 0) is 11.8 Å². The first-order chi connectivity index (χ1) is 17.5. The topological polar surface area (TPSA) is 175 Å². The van der Waals surface area contributed by atoms with Gasteiger partial charge >= 0.3 is 0 Å². The maximum Gasteiger partial charge on any atom is 0.271 e. The average Bonchev–Trinajstić information content (AvgIpc) is 3.21. The summed E-state index contributed by atoms with van der Waals surface area (Å²) in [5.74, 6) is -0.542. The lowest BCUT2D eigenvalue weighted by Crippen LogP contribution is -2.33. The number of aromatic nitrogens is 3. The number of hydrogen-bond acceptors (Lipinski definition) is 9. The van der Waals surface area contributed by atoms with Gasteiger partial charge in [-0.15, -0.1) is 10.2 Å². The van der Waals surface area contributed by atoms with Crippen molar-refractivity contribution in [2.75, 3.05) is 11.1 Å². The number of benzene rings is 2. The molecule has 0 saturated heterocycles. The molecule has 1 atom stereocenters. The molecule has 3 aromatic rings. The third-order valence-electron chi connectivity index (χ3n) is 5.46. The van der Waals surface area contributed by atoms with Crippen LogP contribution in [0.1, 0.15) is 41.6 Å². The normalized spacial score (nSPS) is 11.7. The van der Waals surface area contributed by atoms with Gasteiger partial charge in [-0.25, -0.2) is 0 Å². The molecule has 2 aromatic carbocycles. The van der Waals surface area contributed by atoms with Crippen molar-refractivity contribution in [1.29, 1.82) is 0 Å². The fourth-order valence-corrected chi connectivity index (χ4v) is 4.13. The number of nitro groups is 2. The molecule has 0 bridgehead atoms. The van der Waals surface area contributed by atoms with E-state index in [1.807, 2.05) is 13.8 Å². The Labute approximate surface area is 216 Å². The molecule has 0 fully saturated rings. The van der Waals surface area contributed by atoms with Crippen molar-refractivity contribution in [3.05, 3.63) is 79.6 Å². The van der Waals surface area contributed by atoms with Crippen molar-refractivity contribution in [3.8, 4) is 0 Å². The van der Waals surface area contributed by atoms with Gasteiger partial charge in [-0.1, -0.05) is 37.7 Å². The van der Waals surface area contributed by atoms with E-state index in [1.165, 1.54) is 36.4 Å². The van der Waals surface area contributed by atoms with Gasteiger partial charge in [0.05, 0.1) is 27.3 Å². The Kier molecular flexibility index (Phi) is 8.55. The molecule has 0 aliphatic carbocycles. The molecule has 2 amide bonds. The zero-order chi connectivity index (χ0) is 27.3. The summed E-state index contributed by atoms with van der Waals surface area (Å²) in [5.41, 5.74) is 0.860. The second-order valence-corrected chi connectivity index (χ2v) is 9.44. The van der Waals surface area contributed by atoms with Crippen molar-refractivity contribution in [3.63, 3.8) is 0 Å². The van der Waals surface area contributed by atoms with Crippen molar-refractivity contribution < 1.29 is 19.4 Å². The van der Waals surface area contributed by atoms with Crippen molar-refractivity contribution in [1.82, 2.24) is 20.1 Å². The molecule has 0 spiro atoms. The number of carbonyl (C=O) groups excluding carboxylic acids is 2. The van der Waals surface area contributed by atoms with Crippen LogP contribution >= 0.6 is 11.8 Å². The second kappa shape index (κ2) is 11.6. The number of carbonyl (C=O) groups is 2. The van der Waals surface area contributed by atoms with E-state index in [-0.39, 0.29) is 34.5 Å². The van der Waals surface area contributed by atoms with E-state index in [2.05, 4.69) is 20.8 Å². The highest BCUT2D eigenvalue weighted by Crippen LogP contribution is 2.26. The lowest BCUT2D eigenvalue weighted by Gasteiger charge is -2.21. The third-order valence-corrected chi connectivity index (χ3v) is 6.48. The number of thioether (sulfide) groups is 1. The lowest BCUT2D eigenvalue weighted by molar-refractivity contribution is -0.385. The van der Waals surface area contributed by atoms with Crippen molar-refractivity contribution in [2.45, 2.75) is 32.0 Å². The minimum atomic E-state index is -0.570. The molecule has 194 valence electrons. The lowest BCUT2D eigenvalue weighted by atomic mass is 10.0. The van der Waals surface area contributed by atoms with E-state index in [1.54, 1.807) is 24.6 Å². The van der Waals surface area contributed by atoms with E-state index < -0.39 is 21.8 Å². The summed E-state index contributed by atoms with van der Waals surface area (Å²) in [5, 5.41) is 36.3. The highest BCUT2D eigenvalue weighted by atomic mass is 32.2. The van der Waals surface area contributed by atoms with E-state index in [0.717, 1.165) is 11.8 Å². The summed E-state index contributed by atoms with van der Waals surface area (Å²) < 4.78 is 1.66. The van der Waals surface area contributed by atoms with Gasteiger partial charge in [0.25, 0.3) is 17.3 Å². The molecule has 1 aromatic heterocycles. The minimum absolute atomic E-state index is 0.0273. The Morgan fingerprint density at radius 1 is 1.05 bits per heavy atom. The summed E-state index contributed by atoms with van der Waals surface area (Å²) >= 11 is 1.12. The molecule has 0 aliphatic rings. The molecule has 0 saturated carbocycles. The van der Waals surface area contributed by atoms with Crippen LogP contribution in [-0.4, -0.2) is 42.2 Å². The highest BCUT2D eigenvalue weighted by molar-refractivity contribution is 7.99. The van der Waals surface area contributed by atoms with Gasteiger partial charge < -0.3 is 15.2 Å². The summed E-state index contributed by atoms with van der Waals surface area (Å²) in [4.78, 5) is 46.3. The van der Waals surface area contributed by atoms with Crippen molar-refractivity contribution >= 4 is 40.6 Å². The van der Waals surface area contributed by atoms with Crippen LogP contribution in [0, 0.1) is 33.1 Å². The quantitative estimate of drug-likeness (QED) is 0.226. The molecule has 2 N–H and O–H groups in total. The fraction of sp³-hybridized carbons (Fsp3) is 0.304. The summed E-state index contributed by atoms with van der Waals surface area (Å²) in [6, 6.07) is 9.10. The number of anilines is 1. The molecular weight excluding hydrogens is 502 g/mol. The molecule has 13 nitrogen and oxygen atoms in total. The second-order valence-electron chi connectivity index (χ2n) is 8.50. The minimum Gasteiger partial charge on any atom is -0.342 e. The number of rotatable bonds is 10. The van der Waals surface area contributed by atoms with E-state index in [9.17, 15) is 29.8 Å². The summed E-state index contributed by atoms with van der Waals surface area (Å²) in [6.07, 6.45) is 0. The van der Waals surface area contributed by atoms with Gasteiger partial charge in [0.1, 0.15) is 0 Å². The average molecular weight is 528 g/mol. The number of amides is 2. The first-order valence-corrected chi connectivity index (χ1v) is 12.1. The van der Waals surface area contributed by atoms with Gasteiger partial charge in [0, 0.05) is 36.9 Å². The number of nitro benzene ring substituents is 2. The van der Waals surface area contributed by atoms with Crippen LogP contribution in [0.25, 0.3) is 0 Å². The van der Waals surface area contributed by atoms with Crippen LogP contribution in [0.2, 0.25) is 0 Å². The van der Waals surface area contributed by atoms with Crippen LogP contribution in [0.4, 0.5) is 17.1 Å². The van der Waals surface area contributed by atoms with Gasteiger partial charge in [0.15, 0.2) is 11.0 Å². The van der Waals surface area contributed by atoms with Gasteiger partial charge in [0.2, 0.25) is 5.91 Å². The number of nitrogens with zero attached hydrogens (tertiary/aromatic N) is 5. The van der Waals surface area contributed by atoms with Gasteiger partial charge in [-0.2, -0.15) is 0 Å². The molecule has 3 rings (SSSR count). The maximum absolute atomic E-state index is 12.8. The first-order valence-electron chi connectivity index (χ1n) is 11.1. The number of non-ortho nitro benzene ring substituents is 2. The van der Waals surface area contributed by atoms with E-state index >= 15 is 0 Å². The molecule has 0 radical (unpaired) electrons. The standard InChI is InChI=1S/C23H25N7O6S/c1-13(2)20(25-22(32)15-6-5-7-16(10-15)29(33)34)21-26-27-23(28(21)4)37-12-19(31)24-18-11-17(30(35)36)9-8-14(18)3/h5-11,13,20H,12H2,1-4H3,(H,24,31)(H,25,32)/t20-/m1/s1. The largest absolute Gasteiger partial charge is 0.342 e. The maximum atomic E-state index is 12.8. The zero-order valence-corrected chi connectivity index (χ0v) is 21.3. The van der Waals surface area contributed by atoms with Gasteiger partial charge in [-0.3, -0.25) is 29.8 Å². The Hall–Kier alpha value is -4.33. The van der Waals surface area contributed by atoms with Crippen LogP contribution in [0.5, 0.6) is 0 Å². The van der Waals surface area contributed by atoms with Crippen LogP contribution in [0.15, 0.2) is 47.6 Å². The molecule has 37 heavy (non-hydrogen) atoms. The molecule has 0 unspecified atom stereocenters. The van der Waals surface area contributed by atoms with Gasteiger partial charge in [-0.05, 0) is 24.5 Å². The number of nitrogens with one attached hydrogen (secondary N) is 2. The highest BCUT2D eigenvalue weighted by Gasteiger charge is 2.26. The van der Waals surface area contributed by atoms with E-state index in [0.29, 0.717) is 22.2 Å². The van der Waals surface area contributed by atoms with Crippen LogP contribution < -0.4 is 10.6 Å². The third kappa shape index (κ3) is 6.67. The smallest absolute Gasteiger partial charge is 0.271 e. The SMILES string of the molecule is Cc1ccc([N+](=O)[O-])cc1NC(=O)CSc1nnc([C@H](NC(=O)c2cccc([N+](=O)[O-])c2)C(C)C)n1C. The monoisotopic (exact) mass is 527 g/mol. The zero-order valence-electron chi connectivity index (χ0n) is 20.5. The predicted octanol–water partition coefficient (Wildman–Crippen LogP) is 3.80. The molecule has 0 aliphatic heterocycles. The molecule has 14 heteroatoms.